The average molecular weight is 334 g/mol. The van der Waals surface area contributed by atoms with Crippen LogP contribution < -0.4 is 10.6 Å². The number of esters is 1. The van der Waals surface area contributed by atoms with Crippen LogP contribution in [0.4, 0.5) is 0 Å². The summed E-state index contributed by atoms with van der Waals surface area (Å²) in [5, 5.41) is 4.99. The van der Waals surface area contributed by atoms with Gasteiger partial charge in [0.2, 0.25) is 5.91 Å². The van der Waals surface area contributed by atoms with E-state index in [9.17, 15) is 14.4 Å². The molecule has 0 radical (unpaired) electrons. The quantitative estimate of drug-likeness (QED) is 0.390. The van der Waals surface area contributed by atoms with Gasteiger partial charge in [-0.1, -0.05) is 30.3 Å². The third kappa shape index (κ3) is 8.09. The Labute approximate surface area is 141 Å². The van der Waals surface area contributed by atoms with Gasteiger partial charge in [0.15, 0.2) is 6.61 Å². The lowest BCUT2D eigenvalue weighted by atomic mass is 10.2. The van der Waals surface area contributed by atoms with Gasteiger partial charge in [-0.15, -0.1) is 0 Å². The van der Waals surface area contributed by atoms with Crippen LogP contribution in [-0.4, -0.2) is 50.7 Å². The highest BCUT2D eigenvalue weighted by Crippen LogP contribution is 2.00. The molecule has 0 aliphatic carbocycles. The number of nitrogens with one attached hydrogen (secondary N) is 2. The van der Waals surface area contributed by atoms with Gasteiger partial charge in [-0.3, -0.25) is 9.59 Å². The van der Waals surface area contributed by atoms with Crippen LogP contribution in [0.1, 0.15) is 12.5 Å². The number of hydrogen-bond donors (Lipinski definition) is 2. The van der Waals surface area contributed by atoms with E-state index < -0.39 is 30.4 Å². The summed E-state index contributed by atoms with van der Waals surface area (Å²) in [5.41, 5.74) is 0.871. The van der Waals surface area contributed by atoms with Crippen LogP contribution in [0.2, 0.25) is 0 Å². The summed E-state index contributed by atoms with van der Waals surface area (Å²) in [6.45, 7) is 1.80. The number of carbonyl (C=O) groups is 3. The number of amides is 2. The van der Waals surface area contributed by atoms with E-state index >= 15 is 0 Å². The van der Waals surface area contributed by atoms with Crippen LogP contribution in [0.25, 0.3) is 6.08 Å². The van der Waals surface area contributed by atoms with Crippen molar-refractivity contribution in [2.24, 2.45) is 0 Å². The summed E-state index contributed by atoms with van der Waals surface area (Å²) >= 11 is 0. The first-order chi connectivity index (χ1) is 11.5. The molecule has 0 aliphatic heterocycles. The van der Waals surface area contributed by atoms with Gasteiger partial charge in [0.05, 0.1) is 6.61 Å². The molecule has 7 heteroatoms. The fourth-order valence-corrected chi connectivity index (χ4v) is 1.66. The lowest BCUT2D eigenvalue weighted by molar-refractivity contribution is -0.151. The van der Waals surface area contributed by atoms with Crippen molar-refractivity contribution in [3.63, 3.8) is 0 Å². The molecule has 7 nitrogen and oxygen atoms in total. The Kier molecular flexibility index (Phi) is 8.85. The molecule has 0 fully saturated rings. The van der Waals surface area contributed by atoms with Crippen LogP contribution in [0.5, 0.6) is 0 Å². The molecule has 0 aromatic heterocycles. The van der Waals surface area contributed by atoms with Crippen molar-refractivity contribution >= 4 is 23.9 Å². The molecular weight excluding hydrogens is 312 g/mol. The molecule has 0 bridgehead atoms. The molecule has 2 amide bonds. The minimum Gasteiger partial charge on any atom is -0.454 e. The topological polar surface area (TPSA) is 93.7 Å². The van der Waals surface area contributed by atoms with Crippen LogP contribution in [0, 0.1) is 0 Å². The normalized spacial score (nSPS) is 11.8. The minimum absolute atomic E-state index is 0.337. The summed E-state index contributed by atoms with van der Waals surface area (Å²) in [5.74, 6) is -1.53. The smallest absolute Gasteiger partial charge is 0.328 e. The highest BCUT2D eigenvalue weighted by atomic mass is 16.5. The molecule has 2 N–H and O–H groups in total. The predicted molar refractivity (Wildman–Crippen MR) is 88.9 cm³/mol. The maximum Gasteiger partial charge on any atom is 0.328 e. The van der Waals surface area contributed by atoms with Crippen LogP contribution in [0.3, 0.4) is 0 Å². The van der Waals surface area contributed by atoms with Crippen molar-refractivity contribution in [2.45, 2.75) is 13.0 Å². The first kappa shape index (κ1) is 19.4. The summed E-state index contributed by atoms with van der Waals surface area (Å²) < 4.78 is 9.61. The molecule has 0 aliphatic rings. The van der Waals surface area contributed by atoms with Gasteiger partial charge in [-0.2, -0.15) is 0 Å². The number of rotatable bonds is 9. The first-order valence-corrected chi connectivity index (χ1v) is 7.49. The molecule has 24 heavy (non-hydrogen) atoms. The van der Waals surface area contributed by atoms with Crippen LogP contribution >= 0.6 is 0 Å². The monoisotopic (exact) mass is 334 g/mol. The number of hydrogen-bond acceptors (Lipinski definition) is 5. The third-order valence-electron chi connectivity index (χ3n) is 2.91. The van der Waals surface area contributed by atoms with Crippen molar-refractivity contribution in [1.82, 2.24) is 10.6 Å². The van der Waals surface area contributed by atoms with E-state index in [1.54, 1.807) is 6.08 Å². The van der Waals surface area contributed by atoms with E-state index in [-0.39, 0.29) is 0 Å². The summed E-state index contributed by atoms with van der Waals surface area (Å²) in [7, 11) is 1.52. The fraction of sp³-hybridized carbons (Fsp3) is 0.353. The van der Waals surface area contributed by atoms with E-state index in [4.69, 9.17) is 9.47 Å². The second kappa shape index (κ2) is 11.0. The van der Waals surface area contributed by atoms with Gasteiger partial charge in [0, 0.05) is 19.7 Å². The molecule has 0 unspecified atom stereocenters. The Morgan fingerprint density at radius 1 is 1.21 bits per heavy atom. The number of benzene rings is 1. The predicted octanol–water partition coefficient (Wildman–Crippen LogP) is 0.510. The number of carbonyl (C=O) groups excluding carboxylic acids is 3. The zero-order valence-corrected chi connectivity index (χ0v) is 13.8. The van der Waals surface area contributed by atoms with Crippen molar-refractivity contribution in [3.8, 4) is 0 Å². The van der Waals surface area contributed by atoms with Gasteiger partial charge in [0.1, 0.15) is 6.04 Å². The molecule has 1 rings (SSSR count). The van der Waals surface area contributed by atoms with Crippen molar-refractivity contribution < 1.29 is 23.9 Å². The van der Waals surface area contributed by atoms with Gasteiger partial charge < -0.3 is 20.1 Å². The Morgan fingerprint density at radius 3 is 2.58 bits per heavy atom. The second-order valence-electron chi connectivity index (χ2n) is 4.92. The molecule has 0 saturated carbocycles. The summed E-state index contributed by atoms with van der Waals surface area (Å²) in [6, 6.07) is 8.43. The molecule has 1 aromatic rings. The highest BCUT2D eigenvalue weighted by Gasteiger charge is 2.17. The number of ether oxygens (including phenoxy) is 2. The first-order valence-electron chi connectivity index (χ1n) is 7.49. The van der Waals surface area contributed by atoms with E-state index in [2.05, 4.69) is 10.6 Å². The highest BCUT2D eigenvalue weighted by molar-refractivity contribution is 5.94. The van der Waals surface area contributed by atoms with Gasteiger partial charge in [-0.25, -0.2) is 4.79 Å². The third-order valence-corrected chi connectivity index (χ3v) is 2.91. The van der Waals surface area contributed by atoms with E-state index in [1.807, 2.05) is 30.3 Å². The zero-order chi connectivity index (χ0) is 17.8. The average Bonchev–Trinajstić information content (AvgIpc) is 2.59. The van der Waals surface area contributed by atoms with Gasteiger partial charge in [-0.05, 0) is 18.6 Å². The standard InChI is InChI=1S/C17H22N2O5/c1-13(17(22)24-12-16(21)18-10-11-23-2)19-15(20)9-8-14-6-4-3-5-7-14/h3-9,13H,10-12H2,1-2H3,(H,18,21)(H,19,20)/b9-8+/t13-/m0/s1. The molecule has 1 atom stereocenters. The maximum absolute atomic E-state index is 11.7. The van der Waals surface area contributed by atoms with E-state index in [0.29, 0.717) is 13.2 Å². The molecule has 1 aromatic carbocycles. The van der Waals surface area contributed by atoms with Crippen molar-refractivity contribution in [3.05, 3.63) is 42.0 Å². The Bertz CT molecular complexity index is 572. The molecular formula is C17H22N2O5. The Balaban J connectivity index is 2.31. The van der Waals surface area contributed by atoms with Gasteiger partial charge in [0.25, 0.3) is 5.91 Å². The van der Waals surface area contributed by atoms with Crippen molar-refractivity contribution in [2.75, 3.05) is 26.9 Å². The van der Waals surface area contributed by atoms with Crippen LogP contribution in [0.15, 0.2) is 36.4 Å². The van der Waals surface area contributed by atoms with E-state index in [0.717, 1.165) is 5.56 Å². The largest absolute Gasteiger partial charge is 0.454 e. The SMILES string of the molecule is COCCNC(=O)COC(=O)[C@H](C)NC(=O)/C=C/c1ccccc1. The lowest BCUT2D eigenvalue weighted by Crippen LogP contribution is -2.40. The Morgan fingerprint density at radius 2 is 1.92 bits per heavy atom. The maximum atomic E-state index is 11.7. The molecule has 0 spiro atoms. The van der Waals surface area contributed by atoms with E-state index in [1.165, 1.54) is 20.1 Å². The fourth-order valence-electron chi connectivity index (χ4n) is 1.66. The zero-order valence-electron chi connectivity index (χ0n) is 13.8. The molecule has 130 valence electrons. The van der Waals surface area contributed by atoms with Crippen molar-refractivity contribution in [1.29, 1.82) is 0 Å². The summed E-state index contributed by atoms with van der Waals surface area (Å²) in [4.78, 5) is 34.9. The summed E-state index contributed by atoms with van der Waals surface area (Å²) in [6.07, 6.45) is 2.97. The minimum atomic E-state index is -0.857. The van der Waals surface area contributed by atoms with Gasteiger partial charge >= 0.3 is 5.97 Å². The molecule has 0 saturated heterocycles. The molecule has 0 heterocycles. The lowest BCUT2D eigenvalue weighted by Gasteiger charge is -2.12. The van der Waals surface area contributed by atoms with Crippen LogP contribution in [-0.2, 0) is 23.9 Å². The Hall–Kier alpha value is -2.67. The number of methoxy groups -OCH3 is 1. The second-order valence-corrected chi connectivity index (χ2v) is 4.92.